The Hall–Kier alpha value is -3.11. The van der Waals surface area contributed by atoms with Crippen molar-refractivity contribution in [3.8, 4) is 0 Å². The van der Waals surface area contributed by atoms with Crippen molar-refractivity contribution < 1.29 is 0 Å². The number of para-hydroxylation sites is 1. The molecule has 0 aliphatic rings. The molecule has 31 heavy (non-hydrogen) atoms. The molecule has 0 atom stereocenters. The van der Waals surface area contributed by atoms with Gasteiger partial charge in [-0.05, 0) is 49.6 Å². The Labute approximate surface area is 184 Å². The van der Waals surface area contributed by atoms with Crippen LogP contribution in [0.5, 0.6) is 0 Å². The van der Waals surface area contributed by atoms with Crippen LogP contribution in [0.3, 0.4) is 0 Å². The summed E-state index contributed by atoms with van der Waals surface area (Å²) >= 11 is 0. The third kappa shape index (κ3) is 4.49. The number of rotatable bonds is 7. The topological polar surface area (TPSA) is 32.6 Å². The molecule has 0 amide bonds. The van der Waals surface area contributed by atoms with Crippen LogP contribution < -0.4 is 10.7 Å². The highest BCUT2D eigenvalue weighted by molar-refractivity contribution is 5.95. The molecule has 0 fully saturated rings. The van der Waals surface area contributed by atoms with Gasteiger partial charge in [0, 0.05) is 38.0 Å². The smallest absolute Gasteiger partial charge is 0.102 e. The van der Waals surface area contributed by atoms with E-state index in [1.165, 1.54) is 38.5 Å². The fourth-order valence-electron chi connectivity index (χ4n) is 4.25. The average Bonchev–Trinajstić information content (AvgIpc) is 2.78. The van der Waals surface area contributed by atoms with E-state index >= 15 is 0 Å². The number of hydrogen-bond donors (Lipinski definition) is 1. The first-order chi connectivity index (χ1) is 15.1. The van der Waals surface area contributed by atoms with Gasteiger partial charge < -0.3 is 14.9 Å². The molecule has 0 radical (unpaired) electrons. The molecule has 3 aromatic carbocycles. The lowest BCUT2D eigenvalue weighted by molar-refractivity contribution is 0.423. The first-order valence-corrected chi connectivity index (χ1v) is 11.0. The van der Waals surface area contributed by atoms with Crippen molar-refractivity contribution in [3.63, 3.8) is 0 Å². The van der Waals surface area contributed by atoms with Crippen molar-refractivity contribution in [1.29, 1.82) is 0 Å². The van der Waals surface area contributed by atoms with Gasteiger partial charge in [0.15, 0.2) is 0 Å². The molecule has 0 spiro atoms. The Morgan fingerprint density at radius 3 is 2.39 bits per heavy atom. The maximum absolute atomic E-state index is 4.88. The Kier molecular flexibility index (Phi) is 6.38. The van der Waals surface area contributed by atoms with Crippen molar-refractivity contribution in [1.82, 2.24) is 14.9 Å². The van der Waals surface area contributed by atoms with Crippen molar-refractivity contribution >= 4 is 21.8 Å². The monoisotopic (exact) mass is 412 g/mol. The number of aryl methyl sites for hydroxylation is 3. The van der Waals surface area contributed by atoms with Gasteiger partial charge in [-0.25, -0.2) is 0 Å². The molecule has 4 aromatic rings. The second kappa shape index (κ2) is 9.36. The van der Waals surface area contributed by atoms with Gasteiger partial charge in [0.2, 0.25) is 0 Å². The zero-order valence-corrected chi connectivity index (χ0v) is 19.0. The van der Waals surface area contributed by atoms with Crippen molar-refractivity contribution in [2.24, 2.45) is 5.10 Å². The molecule has 1 heterocycles. The van der Waals surface area contributed by atoms with E-state index in [1.54, 1.807) is 0 Å². The SMILES string of the molecule is Cc1ccc2/c(=N\N(C)C)c3ccccc3n(CCCNCc3ccccc3)c2c1C. The average molecular weight is 413 g/mol. The van der Waals surface area contributed by atoms with Crippen LogP contribution in [0.1, 0.15) is 23.1 Å². The normalized spacial score (nSPS) is 12.1. The highest BCUT2D eigenvalue weighted by Crippen LogP contribution is 2.25. The number of fused-ring (bicyclic) bond motifs is 2. The number of benzene rings is 3. The molecular weight excluding hydrogens is 380 g/mol. The lowest BCUT2D eigenvalue weighted by atomic mass is 10.0. The van der Waals surface area contributed by atoms with Gasteiger partial charge in [0.25, 0.3) is 0 Å². The summed E-state index contributed by atoms with van der Waals surface area (Å²) in [6.07, 6.45) is 1.06. The first kappa shape index (κ1) is 21.1. The van der Waals surface area contributed by atoms with Gasteiger partial charge in [-0.3, -0.25) is 0 Å². The van der Waals surface area contributed by atoms with Crippen LogP contribution in [0, 0.1) is 13.8 Å². The summed E-state index contributed by atoms with van der Waals surface area (Å²) in [5.41, 5.74) is 6.51. The second-order valence-corrected chi connectivity index (χ2v) is 8.38. The molecule has 0 unspecified atom stereocenters. The standard InChI is InChI=1S/C27H32N4/c1-20-15-16-24-26(29-30(3)4)23-13-8-9-14-25(23)31(27(24)21(20)2)18-10-17-28-19-22-11-6-5-7-12-22/h5-9,11-16,28H,10,17-19H2,1-4H3/b29-26-. The molecule has 4 heteroatoms. The van der Waals surface area contributed by atoms with Crippen LogP contribution in [-0.2, 0) is 13.1 Å². The Morgan fingerprint density at radius 1 is 0.871 bits per heavy atom. The molecule has 1 aromatic heterocycles. The predicted octanol–water partition coefficient (Wildman–Crippen LogP) is 4.97. The summed E-state index contributed by atoms with van der Waals surface area (Å²) in [5.74, 6) is 0. The number of hydrogen-bond acceptors (Lipinski definition) is 3. The quantitative estimate of drug-likeness (QED) is 0.264. The molecule has 160 valence electrons. The van der Waals surface area contributed by atoms with Crippen molar-refractivity contribution in [2.75, 3.05) is 20.6 Å². The maximum Gasteiger partial charge on any atom is 0.102 e. The minimum atomic E-state index is 0.909. The molecule has 1 N–H and O–H groups in total. The van der Waals surface area contributed by atoms with Gasteiger partial charge in [-0.2, -0.15) is 5.10 Å². The molecule has 0 bridgehead atoms. The van der Waals surface area contributed by atoms with Crippen LogP contribution in [0.4, 0.5) is 0 Å². The lowest BCUT2D eigenvalue weighted by Gasteiger charge is -2.20. The molecule has 0 aliphatic carbocycles. The van der Waals surface area contributed by atoms with Crippen LogP contribution in [-0.4, -0.2) is 30.2 Å². The van der Waals surface area contributed by atoms with Crippen molar-refractivity contribution in [2.45, 2.75) is 33.4 Å². The zero-order chi connectivity index (χ0) is 21.8. The summed E-state index contributed by atoms with van der Waals surface area (Å²) in [6, 6.07) is 23.7. The number of nitrogens with zero attached hydrogens (tertiary/aromatic N) is 3. The van der Waals surface area contributed by atoms with E-state index in [0.29, 0.717) is 0 Å². The molecule has 0 aliphatic heterocycles. The summed E-state index contributed by atoms with van der Waals surface area (Å²) < 4.78 is 2.49. The molecule has 4 rings (SSSR count). The number of pyridine rings is 1. The highest BCUT2D eigenvalue weighted by atomic mass is 15.4. The summed E-state index contributed by atoms with van der Waals surface area (Å²) in [6.45, 7) is 7.28. The maximum atomic E-state index is 4.88. The van der Waals surface area contributed by atoms with Crippen LogP contribution in [0.25, 0.3) is 21.8 Å². The Morgan fingerprint density at radius 2 is 1.61 bits per heavy atom. The van der Waals surface area contributed by atoms with Crippen LogP contribution >= 0.6 is 0 Å². The van der Waals surface area contributed by atoms with Crippen LogP contribution in [0.2, 0.25) is 0 Å². The third-order valence-electron chi connectivity index (χ3n) is 5.88. The molecular formula is C27H32N4. The van der Waals surface area contributed by atoms with E-state index < -0.39 is 0 Å². The van der Waals surface area contributed by atoms with E-state index in [1.807, 2.05) is 19.1 Å². The van der Waals surface area contributed by atoms with E-state index in [2.05, 4.69) is 90.5 Å². The second-order valence-electron chi connectivity index (χ2n) is 8.38. The fourth-order valence-corrected chi connectivity index (χ4v) is 4.25. The van der Waals surface area contributed by atoms with E-state index in [-0.39, 0.29) is 0 Å². The summed E-state index contributed by atoms with van der Waals surface area (Å²) in [7, 11) is 3.97. The van der Waals surface area contributed by atoms with Gasteiger partial charge in [-0.15, -0.1) is 0 Å². The number of nitrogens with one attached hydrogen (secondary N) is 1. The summed E-state index contributed by atoms with van der Waals surface area (Å²) in [4.78, 5) is 0. The minimum Gasteiger partial charge on any atom is -0.340 e. The third-order valence-corrected chi connectivity index (χ3v) is 5.88. The lowest BCUT2D eigenvalue weighted by Crippen LogP contribution is -2.20. The Balaban J connectivity index is 1.72. The van der Waals surface area contributed by atoms with Gasteiger partial charge in [-0.1, -0.05) is 60.7 Å². The number of aromatic nitrogens is 1. The van der Waals surface area contributed by atoms with E-state index in [9.17, 15) is 0 Å². The van der Waals surface area contributed by atoms with Gasteiger partial charge >= 0.3 is 0 Å². The van der Waals surface area contributed by atoms with Crippen LogP contribution in [0.15, 0.2) is 71.8 Å². The predicted molar refractivity (Wildman–Crippen MR) is 131 cm³/mol. The fraction of sp³-hybridized carbons (Fsp3) is 0.296. The first-order valence-electron chi connectivity index (χ1n) is 11.0. The Bertz CT molecular complexity index is 1250. The largest absolute Gasteiger partial charge is 0.340 e. The summed E-state index contributed by atoms with van der Waals surface area (Å²) in [5, 5.41) is 13.8. The molecule has 4 nitrogen and oxygen atoms in total. The van der Waals surface area contributed by atoms with E-state index in [4.69, 9.17) is 5.10 Å². The minimum absolute atomic E-state index is 0.909. The van der Waals surface area contributed by atoms with Gasteiger partial charge in [0.1, 0.15) is 5.36 Å². The zero-order valence-electron chi connectivity index (χ0n) is 19.0. The van der Waals surface area contributed by atoms with Gasteiger partial charge in [0.05, 0.1) is 11.0 Å². The van der Waals surface area contributed by atoms with E-state index in [0.717, 1.165) is 31.4 Å². The molecule has 0 saturated heterocycles. The molecule has 0 saturated carbocycles. The highest BCUT2D eigenvalue weighted by Gasteiger charge is 2.13. The van der Waals surface area contributed by atoms with Crippen molar-refractivity contribution in [3.05, 3.63) is 88.8 Å².